The largest absolute Gasteiger partial charge is 0.491 e. The predicted molar refractivity (Wildman–Crippen MR) is 88.2 cm³/mol. The third-order valence-corrected chi connectivity index (χ3v) is 4.59. The van der Waals surface area contributed by atoms with E-state index in [-0.39, 0.29) is 11.7 Å². The summed E-state index contributed by atoms with van der Waals surface area (Å²) >= 11 is 0. The SMILES string of the molecule is NC(c1c(OC(=O)C(F)(F)F)ccc2ccccc12)C1CCNCC1. The zero-order valence-electron chi connectivity index (χ0n) is 13.5. The number of nitrogens with two attached hydrogens (primary N) is 1. The number of benzene rings is 2. The summed E-state index contributed by atoms with van der Waals surface area (Å²) in [5.74, 6) is -2.25. The number of piperidine rings is 1. The van der Waals surface area contributed by atoms with Crippen LogP contribution >= 0.6 is 0 Å². The van der Waals surface area contributed by atoms with E-state index in [2.05, 4.69) is 10.1 Å². The van der Waals surface area contributed by atoms with Crippen LogP contribution < -0.4 is 15.8 Å². The van der Waals surface area contributed by atoms with E-state index in [1.807, 2.05) is 12.1 Å². The van der Waals surface area contributed by atoms with Crippen molar-refractivity contribution >= 4 is 16.7 Å². The number of hydrogen-bond donors (Lipinski definition) is 2. The minimum atomic E-state index is -5.05. The molecule has 1 saturated heterocycles. The van der Waals surface area contributed by atoms with Crippen LogP contribution in [0.5, 0.6) is 5.75 Å². The number of rotatable bonds is 3. The number of carbonyl (C=O) groups excluding carboxylic acids is 1. The zero-order valence-corrected chi connectivity index (χ0v) is 13.5. The van der Waals surface area contributed by atoms with E-state index >= 15 is 0 Å². The first-order chi connectivity index (χ1) is 11.9. The van der Waals surface area contributed by atoms with Gasteiger partial charge in [0.15, 0.2) is 0 Å². The van der Waals surface area contributed by atoms with Crippen LogP contribution in [0.1, 0.15) is 24.4 Å². The number of hydrogen-bond acceptors (Lipinski definition) is 4. The molecule has 25 heavy (non-hydrogen) atoms. The second-order valence-electron chi connectivity index (χ2n) is 6.20. The maximum atomic E-state index is 12.6. The molecule has 0 saturated carbocycles. The molecule has 0 radical (unpaired) electrons. The van der Waals surface area contributed by atoms with E-state index in [1.165, 1.54) is 6.07 Å². The second-order valence-corrected chi connectivity index (χ2v) is 6.20. The molecule has 1 aliphatic rings. The van der Waals surface area contributed by atoms with Crippen molar-refractivity contribution in [2.24, 2.45) is 11.7 Å². The van der Waals surface area contributed by atoms with Crippen LogP contribution in [0.4, 0.5) is 13.2 Å². The third-order valence-electron chi connectivity index (χ3n) is 4.59. The van der Waals surface area contributed by atoms with Crippen molar-refractivity contribution < 1.29 is 22.7 Å². The maximum absolute atomic E-state index is 12.6. The highest BCUT2D eigenvalue weighted by atomic mass is 19.4. The summed E-state index contributed by atoms with van der Waals surface area (Å²) in [6, 6.07) is 9.78. The number of carbonyl (C=O) groups is 1. The fourth-order valence-electron chi connectivity index (χ4n) is 3.31. The fourth-order valence-corrected chi connectivity index (χ4v) is 3.31. The van der Waals surface area contributed by atoms with E-state index in [0.717, 1.165) is 31.3 Å². The first-order valence-electron chi connectivity index (χ1n) is 8.15. The number of fused-ring (bicyclic) bond motifs is 1. The van der Waals surface area contributed by atoms with Crippen LogP contribution in [-0.2, 0) is 4.79 Å². The molecule has 3 rings (SSSR count). The Bertz CT molecular complexity index is 770. The van der Waals surface area contributed by atoms with Crippen LogP contribution in [0.3, 0.4) is 0 Å². The summed E-state index contributed by atoms with van der Waals surface area (Å²) < 4.78 is 42.5. The fraction of sp³-hybridized carbons (Fsp3) is 0.389. The molecular formula is C18H19F3N2O2. The molecule has 134 valence electrons. The molecule has 1 unspecified atom stereocenters. The molecule has 7 heteroatoms. The van der Waals surface area contributed by atoms with Crippen molar-refractivity contribution in [3.63, 3.8) is 0 Å². The molecule has 1 heterocycles. The highest BCUT2D eigenvalue weighted by Gasteiger charge is 2.42. The van der Waals surface area contributed by atoms with E-state index in [9.17, 15) is 18.0 Å². The molecule has 0 aromatic heterocycles. The third kappa shape index (κ3) is 3.77. The van der Waals surface area contributed by atoms with Crippen molar-refractivity contribution in [2.45, 2.75) is 25.1 Å². The highest BCUT2D eigenvalue weighted by Crippen LogP contribution is 2.38. The first-order valence-corrected chi connectivity index (χ1v) is 8.15. The summed E-state index contributed by atoms with van der Waals surface area (Å²) in [6.07, 6.45) is -3.42. The quantitative estimate of drug-likeness (QED) is 0.657. The molecule has 0 amide bonds. The van der Waals surface area contributed by atoms with Crippen LogP contribution in [-0.4, -0.2) is 25.2 Å². The van der Waals surface area contributed by atoms with Crippen molar-refractivity contribution in [3.8, 4) is 5.75 Å². The average Bonchev–Trinajstić information content (AvgIpc) is 2.61. The number of halogens is 3. The molecule has 0 aliphatic carbocycles. The van der Waals surface area contributed by atoms with Gasteiger partial charge in [0.25, 0.3) is 0 Å². The monoisotopic (exact) mass is 352 g/mol. The van der Waals surface area contributed by atoms with Crippen LogP contribution in [0.25, 0.3) is 10.8 Å². The number of alkyl halides is 3. The Morgan fingerprint density at radius 1 is 1.16 bits per heavy atom. The van der Waals surface area contributed by atoms with Gasteiger partial charge in [-0.25, -0.2) is 4.79 Å². The van der Waals surface area contributed by atoms with Crippen molar-refractivity contribution in [1.29, 1.82) is 0 Å². The van der Waals surface area contributed by atoms with Gasteiger partial charge in [0, 0.05) is 11.6 Å². The minimum absolute atomic E-state index is 0.107. The number of esters is 1. The minimum Gasteiger partial charge on any atom is -0.419 e. The topological polar surface area (TPSA) is 64.3 Å². The predicted octanol–water partition coefficient (Wildman–Crippen LogP) is 3.31. The molecule has 3 N–H and O–H groups in total. The van der Waals surface area contributed by atoms with Gasteiger partial charge < -0.3 is 15.8 Å². The molecule has 1 atom stereocenters. The summed E-state index contributed by atoms with van der Waals surface area (Å²) in [5, 5.41) is 4.79. The molecule has 4 nitrogen and oxygen atoms in total. The molecule has 0 bridgehead atoms. The highest BCUT2D eigenvalue weighted by molar-refractivity contribution is 5.89. The summed E-state index contributed by atoms with van der Waals surface area (Å²) in [5.41, 5.74) is 6.88. The Balaban J connectivity index is 2.05. The van der Waals surface area contributed by atoms with Gasteiger partial charge in [0.2, 0.25) is 0 Å². The second kappa shape index (κ2) is 7.01. The Kier molecular flexibility index (Phi) is 4.96. The summed E-state index contributed by atoms with van der Waals surface area (Å²) in [6.45, 7) is 1.61. The van der Waals surface area contributed by atoms with Crippen LogP contribution in [0.15, 0.2) is 36.4 Å². The maximum Gasteiger partial charge on any atom is 0.491 e. The molecule has 1 aliphatic heterocycles. The lowest BCUT2D eigenvalue weighted by molar-refractivity contribution is -0.189. The van der Waals surface area contributed by atoms with Gasteiger partial charge in [-0.05, 0) is 48.7 Å². The van der Waals surface area contributed by atoms with Gasteiger partial charge >= 0.3 is 12.1 Å². The Hall–Kier alpha value is -2.12. The lowest BCUT2D eigenvalue weighted by Gasteiger charge is -2.30. The van der Waals surface area contributed by atoms with Gasteiger partial charge in [-0.1, -0.05) is 30.3 Å². The number of nitrogens with one attached hydrogen (secondary N) is 1. The van der Waals surface area contributed by atoms with Gasteiger partial charge in [0.05, 0.1) is 0 Å². The Labute approximate surface area is 143 Å². The Morgan fingerprint density at radius 3 is 2.52 bits per heavy atom. The molecule has 1 fully saturated rings. The molecular weight excluding hydrogens is 333 g/mol. The van der Waals surface area contributed by atoms with Gasteiger partial charge in [0.1, 0.15) is 5.75 Å². The van der Waals surface area contributed by atoms with E-state index in [0.29, 0.717) is 10.9 Å². The Morgan fingerprint density at radius 2 is 1.84 bits per heavy atom. The van der Waals surface area contributed by atoms with Gasteiger partial charge in [-0.2, -0.15) is 13.2 Å². The molecule has 2 aromatic carbocycles. The van der Waals surface area contributed by atoms with Crippen LogP contribution in [0, 0.1) is 5.92 Å². The first kappa shape index (κ1) is 17.7. The van der Waals surface area contributed by atoms with E-state index < -0.39 is 18.2 Å². The van der Waals surface area contributed by atoms with Crippen molar-refractivity contribution in [3.05, 3.63) is 42.0 Å². The van der Waals surface area contributed by atoms with E-state index in [4.69, 9.17) is 5.73 Å². The zero-order chi connectivity index (χ0) is 18.0. The standard InChI is InChI=1S/C18H19F3N2O2/c19-18(20,21)17(24)25-14-6-5-11-3-1-2-4-13(11)15(14)16(22)12-7-9-23-10-8-12/h1-6,12,16,23H,7-10,22H2. The lowest BCUT2D eigenvalue weighted by Crippen LogP contribution is -2.34. The normalized spacial score (nSPS) is 17.4. The number of ether oxygens (including phenoxy) is 1. The lowest BCUT2D eigenvalue weighted by atomic mass is 9.84. The van der Waals surface area contributed by atoms with Crippen molar-refractivity contribution in [2.75, 3.05) is 13.1 Å². The van der Waals surface area contributed by atoms with Gasteiger partial charge in [-0.3, -0.25) is 0 Å². The summed E-state index contributed by atoms with van der Waals surface area (Å²) in [7, 11) is 0. The average molecular weight is 352 g/mol. The van der Waals surface area contributed by atoms with Crippen molar-refractivity contribution in [1.82, 2.24) is 5.32 Å². The summed E-state index contributed by atoms with van der Waals surface area (Å²) in [4.78, 5) is 11.3. The van der Waals surface area contributed by atoms with E-state index in [1.54, 1.807) is 18.2 Å². The van der Waals surface area contributed by atoms with Gasteiger partial charge in [-0.15, -0.1) is 0 Å². The molecule has 0 spiro atoms. The molecule has 2 aromatic rings. The smallest absolute Gasteiger partial charge is 0.419 e. The van der Waals surface area contributed by atoms with Crippen LogP contribution in [0.2, 0.25) is 0 Å².